The van der Waals surface area contributed by atoms with Gasteiger partial charge in [0.1, 0.15) is 12.4 Å². The highest BCUT2D eigenvalue weighted by Crippen LogP contribution is 2.20. The van der Waals surface area contributed by atoms with Crippen LogP contribution < -0.4 is 4.74 Å². The molecular formula is C17H18O3. The van der Waals surface area contributed by atoms with Crippen LogP contribution in [-0.2, 0) is 6.61 Å². The number of ether oxygens (including phenoxy) is 1. The molecule has 0 amide bonds. The number of aromatic carboxylic acids is 1. The van der Waals surface area contributed by atoms with Crippen molar-refractivity contribution in [3.63, 3.8) is 0 Å². The van der Waals surface area contributed by atoms with Gasteiger partial charge >= 0.3 is 5.97 Å². The molecule has 20 heavy (non-hydrogen) atoms. The molecule has 1 N–H and O–H groups in total. The zero-order valence-electron chi connectivity index (χ0n) is 11.7. The summed E-state index contributed by atoms with van der Waals surface area (Å²) in [6, 6.07) is 14.8. The van der Waals surface area contributed by atoms with Gasteiger partial charge in [-0.15, -0.1) is 0 Å². The van der Waals surface area contributed by atoms with E-state index in [4.69, 9.17) is 9.84 Å². The molecule has 0 aromatic heterocycles. The number of carboxylic acid groups (broad SMARTS) is 1. The van der Waals surface area contributed by atoms with E-state index < -0.39 is 5.97 Å². The molecule has 0 aliphatic heterocycles. The van der Waals surface area contributed by atoms with Crippen LogP contribution in [0.1, 0.15) is 41.3 Å². The van der Waals surface area contributed by atoms with E-state index in [0.29, 0.717) is 11.5 Å². The van der Waals surface area contributed by atoms with Gasteiger partial charge in [-0.3, -0.25) is 0 Å². The fourth-order valence-corrected chi connectivity index (χ4v) is 1.96. The summed E-state index contributed by atoms with van der Waals surface area (Å²) in [5.41, 5.74) is 2.21. The number of hydrogen-bond donors (Lipinski definition) is 1. The van der Waals surface area contributed by atoms with Crippen molar-refractivity contribution in [3.05, 3.63) is 65.2 Å². The van der Waals surface area contributed by atoms with Crippen molar-refractivity contribution in [2.75, 3.05) is 0 Å². The monoisotopic (exact) mass is 270 g/mol. The van der Waals surface area contributed by atoms with Crippen LogP contribution in [0.5, 0.6) is 5.75 Å². The molecule has 2 aromatic carbocycles. The molecule has 2 rings (SSSR count). The first-order valence-electron chi connectivity index (χ1n) is 6.62. The third-order valence-corrected chi connectivity index (χ3v) is 3.19. The number of rotatable bonds is 5. The molecule has 3 heteroatoms. The number of carboxylic acids is 1. The molecule has 0 spiro atoms. The Morgan fingerprint density at radius 3 is 2.35 bits per heavy atom. The molecule has 0 atom stereocenters. The van der Waals surface area contributed by atoms with E-state index in [-0.39, 0.29) is 12.2 Å². The van der Waals surface area contributed by atoms with Gasteiger partial charge in [0.15, 0.2) is 0 Å². The lowest BCUT2D eigenvalue weighted by atomic mass is 10.0. The van der Waals surface area contributed by atoms with Crippen molar-refractivity contribution in [1.82, 2.24) is 0 Å². The van der Waals surface area contributed by atoms with Crippen LogP contribution in [0.4, 0.5) is 0 Å². The second-order valence-corrected chi connectivity index (χ2v) is 4.97. The molecule has 0 unspecified atom stereocenters. The predicted molar refractivity (Wildman–Crippen MR) is 78.3 cm³/mol. The first kappa shape index (κ1) is 14.1. The summed E-state index contributed by atoms with van der Waals surface area (Å²) in [5.74, 6) is 0.297. The summed E-state index contributed by atoms with van der Waals surface area (Å²) in [6.45, 7) is 4.53. The van der Waals surface area contributed by atoms with Gasteiger partial charge in [0.05, 0.1) is 5.56 Å². The standard InChI is InChI=1S/C17H18O3/c1-12(2)13-7-9-15(10-8-13)20-11-14-5-3-4-6-16(14)17(18)19/h3-10,12H,11H2,1-2H3,(H,18,19). The minimum Gasteiger partial charge on any atom is -0.489 e. The highest BCUT2D eigenvalue weighted by Gasteiger charge is 2.09. The third kappa shape index (κ3) is 3.38. The Labute approximate surface area is 118 Å². The third-order valence-electron chi connectivity index (χ3n) is 3.19. The Bertz CT molecular complexity index is 585. The van der Waals surface area contributed by atoms with Gasteiger partial charge in [-0.2, -0.15) is 0 Å². The van der Waals surface area contributed by atoms with E-state index in [0.717, 1.165) is 5.75 Å². The lowest BCUT2D eigenvalue weighted by Crippen LogP contribution is -2.05. The number of benzene rings is 2. The zero-order chi connectivity index (χ0) is 14.5. The van der Waals surface area contributed by atoms with Crippen LogP contribution in [0, 0.1) is 0 Å². The summed E-state index contributed by atoms with van der Waals surface area (Å²) in [5, 5.41) is 9.10. The Balaban J connectivity index is 2.07. The van der Waals surface area contributed by atoms with E-state index >= 15 is 0 Å². The molecule has 0 bridgehead atoms. The van der Waals surface area contributed by atoms with Gasteiger partial charge < -0.3 is 9.84 Å². The smallest absolute Gasteiger partial charge is 0.336 e. The molecular weight excluding hydrogens is 252 g/mol. The van der Waals surface area contributed by atoms with Crippen LogP contribution in [0.2, 0.25) is 0 Å². The van der Waals surface area contributed by atoms with Crippen LogP contribution in [0.3, 0.4) is 0 Å². The van der Waals surface area contributed by atoms with Crippen LogP contribution >= 0.6 is 0 Å². The normalized spacial score (nSPS) is 10.6. The molecule has 0 aliphatic carbocycles. The van der Waals surface area contributed by atoms with Crippen LogP contribution in [0.15, 0.2) is 48.5 Å². The van der Waals surface area contributed by atoms with Gasteiger partial charge in [-0.05, 0) is 29.7 Å². The van der Waals surface area contributed by atoms with E-state index in [1.54, 1.807) is 18.2 Å². The maximum absolute atomic E-state index is 11.1. The Hall–Kier alpha value is -2.29. The molecule has 2 aromatic rings. The predicted octanol–water partition coefficient (Wildman–Crippen LogP) is 4.09. The highest BCUT2D eigenvalue weighted by molar-refractivity contribution is 5.89. The van der Waals surface area contributed by atoms with E-state index in [1.807, 2.05) is 30.3 Å². The van der Waals surface area contributed by atoms with Crippen LogP contribution in [0.25, 0.3) is 0 Å². The summed E-state index contributed by atoms with van der Waals surface area (Å²) in [7, 11) is 0. The lowest BCUT2D eigenvalue weighted by molar-refractivity contribution is 0.0694. The molecule has 0 aliphatic rings. The van der Waals surface area contributed by atoms with Gasteiger partial charge in [-0.25, -0.2) is 4.79 Å². The fourth-order valence-electron chi connectivity index (χ4n) is 1.96. The van der Waals surface area contributed by atoms with Gasteiger partial charge in [0, 0.05) is 5.56 Å². The Morgan fingerprint density at radius 1 is 1.10 bits per heavy atom. The molecule has 0 saturated heterocycles. The molecule has 0 radical (unpaired) electrons. The van der Waals surface area contributed by atoms with Crippen molar-refractivity contribution in [1.29, 1.82) is 0 Å². The van der Waals surface area contributed by atoms with Crippen LogP contribution in [-0.4, -0.2) is 11.1 Å². The topological polar surface area (TPSA) is 46.5 Å². The molecule has 104 valence electrons. The van der Waals surface area contributed by atoms with E-state index in [2.05, 4.69) is 13.8 Å². The second-order valence-electron chi connectivity index (χ2n) is 4.97. The van der Waals surface area contributed by atoms with Gasteiger partial charge in [-0.1, -0.05) is 44.2 Å². The number of hydrogen-bond acceptors (Lipinski definition) is 2. The first-order chi connectivity index (χ1) is 9.58. The van der Waals surface area contributed by atoms with E-state index in [9.17, 15) is 4.79 Å². The van der Waals surface area contributed by atoms with Crippen molar-refractivity contribution >= 4 is 5.97 Å². The van der Waals surface area contributed by atoms with Crippen molar-refractivity contribution in [2.24, 2.45) is 0 Å². The zero-order valence-corrected chi connectivity index (χ0v) is 11.7. The SMILES string of the molecule is CC(C)c1ccc(OCc2ccccc2C(=O)O)cc1. The molecule has 3 nitrogen and oxygen atoms in total. The Kier molecular flexibility index (Phi) is 4.41. The maximum atomic E-state index is 11.1. The number of carbonyl (C=O) groups is 1. The van der Waals surface area contributed by atoms with Crippen molar-refractivity contribution in [2.45, 2.75) is 26.4 Å². The maximum Gasteiger partial charge on any atom is 0.336 e. The van der Waals surface area contributed by atoms with Crippen molar-refractivity contribution in [3.8, 4) is 5.75 Å². The minimum absolute atomic E-state index is 0.253. The summed E-state index contributed by atoms with van der Waals surface area (Å²) < 4.78 is 5.65. The second kappa shape index (κ2) is 6.24. The quantitative estimate of drug-likeness (QED) is 0.890. The summed E-state index contributed by atoms with van der Waals surface area (Å²) >= 11 is 0. The summed E-state index contributed by atoms with van der Waals surface area (Å²) in [4.78, 5) is 11.1. The van der Waals surface area contributed by atoms with Crippen molar-refractivity contribution < 1.29 is 14.6 Å². The molecule has 0 heterocycles. The summed E-state index contributed by atoms with van der Waals surface area (Å²) in [6.07, 6.45) is 0. The fraction of sp³-hybridized carbons (Fsp3) is 0.235. The first-order valence-corrected chi connectivity index (χ1v) is 6.62. The minimum atomic E-state index is -0.931. The van der Waals surface area contributed by atoms with Gasteiger partial charge in [0.25, 0.3) is 0 Å². The Morgan fingerprint density at radius 2 is 1.75 bits per heavy atom. The average Bonchev–Trinajstić information content (AvgIpc) is 2.45. The van der Waals surface area contributed by atoms with E-state index in [1.165, 1.54) is 5.56 Å². The molecule has 0 saturated carbocycles. The largest absolute Gasteiger partial charge is 0.489 e. The molecule has 0 fully saturated rings. The lowest BCUT2D eigenvalue weighted by Gasteiger charge is -2.10. The average molecular weight is 270 g/mol. The van der Waals surface area contributed by atoms with Gasteiger partial charge in [0.2, 0.25) is 0 Å². The highest BCUT2D eigenvalue weighted by atomic mass is 16.5.